The third-order valence-electron chi connectivity index (χ3n) is 5.74. The molecule has 0 radical (unpaired) electrons. The van der Waals surface area contributed by atoms with E-state index in [1.54, 1.807) is 0 Å². The van der Waals surface area contributed by atoms with Crippen LogP contribution in [0.25, 0.3) is 11.0 Å². The highest BCUT2D eigenvalue weighted by Crippen LogP contribution is 2.29. The zero-order valence-corrected chi connectivity index (χ0v) is 16.8. The molecule has 1 unspecified atom stereocenters. The van der Waals surface area contributed by atoms with Gasteiger partial charge in [-0.1, -0.05) is 41.9 Å². The van der Waals surface area contributed by atoms with Crippen LogP contribution in [0.2, 0.25) is 5.02 Å². The standard InChI is InChI=1S/C22H23ClN4O2/c23-17-6-7-20-19(14-17)24-22(28)27(20)18-8-11-25(12-9-18)15-26-13-10-21(29-26)16-4-2-1-3-5-16/h1-7,10,13-14,18,21H,8-9,11-12,15H2,(H,24,28). The average molecular weight is 411 g/mol. The van der Waals surface area contributed by atoms with Crippen molar-refractivity contribution in [2.75, 3.05) is 19.8 Å². The highest BCUT2D eigenvalue weighted by atomic mass is 35.5. The van der Waals surface area contributed by atoms with Gasteiger partial charge in [0.25, 0.3) is 0 Å². The lowest BCUT2D eigenvalue weighted by Crippen LogP contribution is -2.41. The molecule has 2 aromatic carbocycles. The summed E-state index contributed by atoms with van der Waals surface area (Å²) in [6.45, 7) is 2.56. The van der Waals surface area contributed by atoms with Gasteiger partial charge >= 0.3 is 5.69 Å². The quantitative estimate of drug-likeness (QED) is 0.704. The van der Waals surface area contributed by atoms with E-state index in [1.165, 1.54) is 0 Å². The summed E-state index contributed by atoms with van der Waals surface area (Å²) < 4.78 is 1.89. The molecule has 1 fully saturated rings. The van der Waals surface area contributed by atoms with Crippen LogP contribution in [0.3, 0.4) is 0 Å². The van der Waals surface area contributed by atoms with E-state index in [4.69, 9.17) is 16.4 Å². The van der Waals surface area contributed by atoms with E-state index < -0.39 is 0 Å². The van der Waals surface area contributed by atoms with Crippen molar-refractivity contribution in [1.82, 2.24) is 19.5 Å². The second-order valence-corrected chi connectivity index (χ2v) is 8.08. The first-order valence-corrected chi connectivity index (χ1v) is 10.3. The van der Waals surface area contributed by atoms with Gasteiger partial charge in [-0.2, -0.15) is 0 Å². The zero-order valence-electron chi connectivity index (χ0n) is 16.0. The molecule has 0 bridgehead atoms. The van der Waals surface area contributed by atoms with Gasteiger partial charge in [-0.25, -0.2) is 9.86 Å². The summed E-state index contributed by atoms with van der Waals surface area (Å²) in [6, 6.07) is 16.0. The fourth-order valence-corrected chi connectivity index (χ4v) is 4.44. The lowest BCUT2D eigenvalue weighted by Gasteiger charge is -2.34. The molecule has 0 spiro atoms. The molecule has 1 N–H and O–H groups in total. The molecule has 3 aromatic rings. The summed E-state index contributed by atoms with van der Waals surface area (Å²) in [5.74, 6) is 0. The van der Waals surface area contributed by atoms with Gasteiger partial charge in [0.05, 0.1) is 17.7 Å². The van der Waals surface area contributed by atoms with E-state index >= 15 is 0 Å². The number of imidazole rings is 1. The predicted octanol–water partition coefficient (Wildman–Crippen LogP) is 4.08. The Kier molecular flexibility index (Phi) is 4.91. The molecule has 0 aliphatic carbocycles. The minimum absolute atomic E-state index is 0.0228. The molecular formula is C22H23ClN4O2. The molecule has 7 heteroatoms. The van der Waals surface area contributed by atoms with E-state index in [0.717, 1.165) is 49.2 Å². The topological polar surface area (TPSA) is 53.5 Å². The van der Waals surface area contributed by atoms with Gasteiger partial charge in [0.15, 0.2) is 0 Å². The van der Waals surface area contributed by atoms with Crippen LogP contribution >= 0.6 is 11.6 Å². The summed E-state index contributed by atoms with van der Waals surface area (Å²) in [5.41, 5.74) is 2.82. The Balaban J connectivity index is 1.20. The monoisotopic (exact) mass is 410 g/mol. The smallest absolute Gasteiger partial charge is 0.305 e. The molecular weight excluding hydrogens is 388 g/mol. The number of likely N-dealkylation sites (tertiary alicyclic amines) is 1. The van der Waals surface area contributed by atoms with Crippen molar-refractivity contribution in [3.05, 3.63) is 81.9 Å². The van der Waals surface area contributed by atoms with Gasteiger partial charge in [0.1, 0.15) is 6.10 Å². The van der Waals surface area contributed by atoms with Crippen LogP contribution < -0.4 is 5.69 Å². The van der Waals surface area contributed by atoms with Crippen LogP contribution in [0.5, 0.6) is 0 Å². The van der Waals surface area contributed by atoms with Gasteiger partial charge in [-0.15, -0.1) is 0 Å². The third kappa shape index (κ3) is 3.71. The Labute approximate surface area is 173 Å². The van der Waals surface area contributed by atoms with Crippen LogP contribution in [0.15, 0.2) is 65.6 Å². The number of halogens is 1. The molecule has 2 aliphatic rings. The van der Waals surface area contributed by atoms with Crippen LogP contribution in [0.4, 0.5) is 0 Å². The molecule has 5 rings (SSSR count). The number of nitrogens with one attached hydrogen (secondary N) is 1. The van der Waals surface area contributed by atoms with Crippen LogP contribution in [0.1, 0.15) is 30.6 Å². The lowest BCUT2D eigenvalue weighted by molar-refractivity contribution is -0.157. The summed E-state index contributed by atoms with van der Waals surface area (Å²) in [5, 5.41) is 2.53. The SMILES string of the molecule is O=c1[nH]c2cc(Cl)ccc2n1C1CCN(CN2C=CC(c3ccccc3)O2)CC1. The molecule has 150 valence electrons. The molecule has 2 aliphatic heterocycles. The highest BCUT2D eigenvalue weighted by molar-refractivity contribution is 6.31. The minimum Gasteiger partial charge on any atom is -0.305 e. The van der Waals surface area contributed by atoms with Crippen molar-refractivity contribution >= 4 is 22.6 Å². The fraction of sp³-hybridized carbons (Fsp3) is 0.318. The Bertz CT molecular complexity index is 1080. The second-order valence-electron chi connectivity index (χ2n) is 7.65. The maximum Gasteiger partial charge on any atom is 0.326 e. The van der Waals surface area contributed by atoms with Crippen LogP contribution in [-0.2, 0) is 4.84 Å². The Hall–Kier alpha value is -2.54. The van der Waals surface area contributed by atoms with Crippen molar-refractivity contribution in [3.8, 4) is 0 Å². The molecule has 1 aromatic heterocycles. The zero-order chi connectivity index (χ0) is 19.8. The number of hydrogen-bond donors (Lipinski definition) is 1. The summed E-state index contributed by atoms with van der Waals surface area (Å²) >= 11 is 6.06. The number of fused-ring (bicyclic) bond motifs is 1. The number of rotatable bonds is 4. The van der Waals surface area contributed by atoms with Gasteiger partial charge in [-0.3, -0.25) is 14.3 Å². The van der Waals surface area contributed by atoms with Crippen molar-refractivity contribution in [2.45, 2.75) is 25.0 Å². The summed E-state index contributed by atoms with van der Waals surface area (Å²) in [4.78, 5) is 23.8. The van der Waals surface area contributed by atoms with E-state index in [1.807, 2.05) is 52.2 Å². The number of nitrogens with zero attached hydrogens (tertiary/aromatic N) is 3. The summed E-state index contributed by atoms with van der Waals surface area (Å²) in [6.07, 6.45) is 5.92. The molecule has 0 saturated carbocycles. The second kappa shape index (κ2) is 7.71. The fourth-order valence-electron chi connectivity index (χ4n) is 4.27. The van der Waals surface area contributed by atoms with Crippen LogP contribution in [-0.4, -0.2) is 39.3 Å². The minimum atomic E-state index is -0.0581. The van der Waals surface area contributed by atoms with E-state index in [9.17, 15) is 4.79 Å². The van der Waals surface area contributed by atoms with Gasteiger partial charge in [0, 0.05) is 30.4 Å². The Morgan fingerprint density at radius 1 is 1.10 bits per heavy atom. The first-order valence-electron chi connectivity index (χ1n) is 9.96. The Morgan fingerprint density at radius 3 is 2.69 bits per heavy atom. The number of hydrogen-bond acceptors (Lipinski definition) is 4. The van der Waals surface area contributed by atoms with Crippen molar-refractivity contribution in [3.63, 3.8) is 0 Å². The lowest BCUT2D eigenvalue weighted by atomic mass is 10.0. The molecule has 1 atom stereocenters. The van der Waals surface area contributed by atoms with Gasteiger partial charge in [0.2, 0.25) is 0 Å². The number of H-pyrrole nitrogens is 1. The van der Waals surface area contributed by atoms with E-state index in [0.29, 0.717) is 5.02 Å². The normalized spacial score (nSPS) is 20.7. The average Bonchev–Trinajstić information content (AvgIpc) is 3.33. The molecule has 6 nitrogen and oxygen atoms in total. The first kappa shape index (κ1) is 18.5. The Morgan fingerprint density at radius 2 is 1.90 bits per heavy atom. The van der Waals surface area contributed by atoms with Gasteiger partial charge in [-0.05, 0) is 42.7 Å². The molecule has 0 amide bonds. The number of hydroxylamine groups is 2. The first-order chi connectivity index (χ1) is 14.2. The molecule has 1 saturated heterocycles. The summed E-state index contributed by atoms with van der Waals surface area (Å²) in [7, 11) is 0. The third-order valence-corrected chi connectivity index (χ3v) is 5.98. The van der Waals surface area contributed by atoms with Crippen LogP contribution in [0, 0.1) is 0 Å². The van der Waals surface area contributed by atoms with Crippen molar-refractivity contribution < 1.29 is 4.84 Å². The number of aromatic amines is 1. The number of benzene rings is 2. The maximum atomic E-state index is 12.5. The predicted molar refractivity (Wildman–Crippen MR) is 114 cm³/mol. The van der Waals surface area contributed by atoms with E-state index in [-0.39, 0.29) is 17.8 Å². The van der Waals surface area contributed by atoms with E-state index in [2.05, 4.69) is 28.1 Å². The largest absolute Gasteiger partial charge is 0.326 e. The number of piperidine rings is 1. The maximum absolute atomic E-state index is 12.5. The van der Waals surface area contributed by atoms with Crippen molar-refractivity contribution in [2.24, 2.45) is 0 Å². The molecule has 29 heavy (non-hydrogen) atoms. The highest BCUT2D eigenvalue weighted by Gasteiger charge is 2.26. The van der Waals surface area contributed by atoms with Crippen molar-refractivity contribution in [1.29, 1.82) is 0 Å². The number of aromatic nitrogens is 2. The van der Waals surface area contributed by atoms with Gasteiger partial charge < -0.3 is 4.98 Å². The molecule has 3 heterocycles.